The van der Waals surface area contributed by atoms with Gasteiger partial charge in [0.2, 0.25) is 0 Å². The first kappa shape index (κ1) is 31.5. The quantitative estimate of drug-likeness (QED) is 0.185. The third-order valence-electron chi connectivity index (χ3n) is 10.3. The highest BCUT2D eigenvalue weighted by Gasteiger charge is 2.25. The third kappa shape index (κ3) is 5.15. The van der Waals surface area contributed by atoms with Crippen LogP contribution >= 0.6 is 11.8 Å². The van der Waals surface area contributed by atoms with E-state index in [9.17, 15) is 15.8 Å². The third-order valence-corrected chi connectivity index (χ3v) is 11.2. The molecular formula is C46H31N5S. The second kappa shape index (κ2) is 13.0. The highest BCUT2D eigenvalue weighted by Crippen LogP contribution is 2.42. The van der Waals surface area contributed by atoms with Gasteiger partial charge in [0.15, 0.2) is 0 Å². The monoisotopic (exact) mass is 685 g/mol. The molecule has 246 valence electrons. The minimum absolute atomic E-state index is 0.224. The van der Waals surface area contributed by atoms with Crippen LogP contribution in [-0.2, 0) is 5.75 Å². The standard InChI is InChI=1S/C46H31N5S/c47-26-30-14-19-35(36-9-1-3-12-42(36)51-43-13-4-2-10-37(43)38-11-6-22-52-29-46(38)51)39(23-30)33-7-5-8-34(18-17-33)50-44-20-15-31(27-48)24-40(44)41-25-32(28-49)16-21-45(41)50/h1-7,9-13,15-21,23-25,30H,8,14,22,29H2. The van der Waals surface area contributed by atoms with Crippen molar-refractivity contribution in [2.75, 3.05) is 5.75 Å². The van der Waals surface area contributed by atoms with Crippen LogP contribution in [0.3, 0.4) is 0 Å². The van der Waals surface area contributed by atoms with Gasteiger partial charge in [-0.25, -0.2) is 0 Å². The summed E-state index contributed by atoms with van der Waals surface area (Å²) in [7, 11) is 0. The minimum Gasteiger partial charge on any atom is -0.313 e. The number of benzene rings is 4. The molecule has 1 unspecified atom stereocenters. The summed E-state index contributed by atoms with van der Waals surface area (Å²) >= 11 is 1.93. The number of hydrogen-bond acceptors (Lipinski definition) is 4. The number of allylic oxidation sites excluding steroid dienone is 10. The highest BCUT2D eigenvalue weighted by atomic mass is 32.2. The molecule has 1 atom stereocenters. The van der Waals surface area contributed by atoms with Crippen LogP contribution in [0.25, 0.3) is 55.7 Å². The molecule has 5 nitrogen and oxygen atoms in total. The molecule has 0 saturated heterocycles. The van der Waals surface area contributed by atoms with Crippen molar-refractivity contribution in [1.29, 1.82) is 15.8 Å². The van der Waals surface area contributed by atoms with Gasteiger partial charge in [-0.3, -0.25) is 0 Å². The van der Waals surface area contributed by atoms with Crippen LogP contribution in [0, 0.1) is 39.9 Å². The van der Waals surface area contributed by atoms with E-state index < -0.39 is 0 Å². The van der Waals surface area contributed by atoms with Gasteiger partial charge in [-0.15, -0.1) is 0 Å². The van der Waals surface area contributed by atoms with E-state index in [-0.39, 0.29) is 5.92 Å². The molecule has 0 bridgehead atoms. The Hall–Kier alpha value is -6.52. The summed E-state index contributed by atoms with van der Waals surface area (Å²) in [6, 6.07) is 35.9. The maximum atomic E-state index is 10.1. The largest absolute Gasteiger partial charge is 0.313 e. The highest BCUT2D eigenvalue weighted by molar-refractivity contribution is 7.98. The van der Waals surface area contributed by atoms with Gasteiger partial charge in [-0.2, -0.15) is 27.5 Å². The molecule has 3 heterocycles. The number of nitrogens with zero attached hydrogens (tertiary/aromatic N) is 5. The van der Waals surface area contributed by atoms with Gasteiger partial charge in [0.05, 0.1) is 57.5 Å². The molecule has 3 aliphatic rings. The van der Waals surface area contributed by atoms with Crippen molar-refractivity contribution < 1.29 is 0 Å². The fourth-order valence-corrected chi connectivity index (χ4v) is 8.78. The molecule has 52 heavy (non-hydrogen) atoms. The van der Waals surface area contributed by atoms with Crippen LogP contribution < -0.4 is 0 Å². The molecule has 0 N–H and O–H groups in total. The average Bonchev–Trinajstić information content (AvgIpc) is 3.40. The van der Waals surface area contributed by atoms with E-state index in [2.05, 4.69) is 124 Å². The number of para-hydroxylation sites is 2. The first-order valence-electron chi connectivity index (χ1n) is 17.4. The van der Waals surface area contributed by atoms with Gasteiger partial charge in [0.25, 0.3) is 0 Å². The summed E-state index contributed by atoms with van der Waals surface area (Å²) in [6.07, 6.45) is 19.0. The Bertz CT molecular complexity index is 2740. The molecular weight excluding hydrogens is 655 g/mol. The summed E-state index contributed by atoms with van der Waals surface area (Å²) in [5.74, 6) is 1.69. The van der Waals surface area contributed by atoms with Gasteiger partial charge in [-0.05, 0) is 77.7 Å². The van der Waals surface area contributed by atoms with E-state index in [1.165, 1.54) is 22.2 Å². The van der Waals surface area contributed by atoms with E-state index in [0.29, 0.717) is 24.0 Å². The first-order chi connectivity index (χ1) is 25.7. The summed E-state index contributed by atoms with van der Waals surface area (Å²) < 4.78 is 4.69. The fourth-order valence-electron chi connectivity index (χ4n) is 7.95. The SMILES string of the molecule is N#Cc1ccc2c(c1)c1cc(C#N)ccc1n2C1=CC=C(C2=CC(C#N)CC=C2c2ccccc2-n2c3c(c4ccccc42)C=CCSC3)C=CC1. The zero-order chi connectivity index (χ0) is 35.2. The summed E-state index contributed by atoms with van der Waals surface area (Å²) in [5.41, 5.74) is 13.5. The molecule has 2 aliphatic carbocycles. The molecule has 1 aliphatic heterocycles. The van der Waals surface area contributed by atoms with Crippen molar-refractivity contribution in [2.45, 2.75) is 18.6 Å². The van der Waals surface area contributed by atoms with Crippen molar-refractivity contribution in [3.05, 3.63) is 167 Å². The normalized spacial score (nSPS) is 16.9. The van der Waals surface area contributed by atoms with E-state index in [1.54, 1.807) is 0 Å². The Morgan fingerprint density at radius 2 is 1.42 bits per heavy atom. The van der Waals surface area contributed by atoms with Crippen molar-refractivity contribution in [3.63, 3.8) is 0 Å². The Morgan fingerprint density at radius 1 is 0.692 bits per heavy atom. The van der Waals surface area contributed by atoms with E-state index in [4.69, 9.17) is 0 Å². The molecule has 9 rings (SSSR count). The van der Waals surface area contributed by atoms with Crippen LogP contribution in [0.2, 0.25) is 0 Å². The minimum atomic E-state index is -0.224. The molecule has 0 radical (unpaired) electrons. The zero-order valence-electron chi connectivity index (χ0n) is 28.3. The van der Waals surface area contributed by atoms with Crippen molar-refractivity contribution in [2.24, 2.45) is 5.92 Å². The van der Waals surface area contributed by atoms with Crippen LogP contribution in [0.5, 0.6) is 0 Å². The molecule has 0 saturated carbocycles. The van der Waals surface area contributed by atoms with Crippen LogP contribution in [0.15, 0.2) is 139 Å². The number of nitriles is 3. The second-order valence-electron chi connectivity index (χ2n) is 13.2. The lowest BCUT2D eigenvalue weighted by Crippen LogP contribution is -2.08. The molecule has 0 amide bonds. The Labute approximate surface area is 306 Å². The average molecular weight is 686 g/mol. The van der Waals surface area contributed by atoms with Gasteiger partial charge >= 0.3 is 0 Å². The number of hydrogen-bond donors (Lipinski definition) is 0. The molecule has 0 fully saturated rings. The maximum Gasteiger partial charge on any atom is 0.0991 e. The molecule has 4 aromatic carbocycles. The van der Waals surface area contributed by atoms with Gasteiger partial charge in [0.1, 0.15) is 0 Å². The Kier molecular flexibility index (Phi) is 7.85. The summed E-state index contributed by atoms with van der Waals surface area (Å²) in [4.78, 5) is 0. The fraction of sp³-hybridized carbons (Fsp3) is 0.109. The van der Waals surface area contributed by atoms with Crippen LogP contribution in [0.1, 0.15) is 40.8 Å². The topological polar surface area (TPSA) is 81.2 Å². The summed E-state index contributed by atoms with van der Waals surface area (Å²) in [5, 5.41) is 32.6. The van der Waals surface area contributed by atoms with Gasteiger partial charge < -0.3 is 9.13 Å². The van der Waals surface area contributed by atoms with Crippen molar-refractivity contribution in [3.8, 4) is 23.9 Å². The maximum absolute atomic E-state index is 10.1. The van der Waals surface area contributed by atoms with Gasteiger partial charge in [-0.1, -0.05) is 78.9 Å². The van der Waals surface area contributed by atoms with E-state index >= 15 is 0 Å². The molecule has 2 aromatic heterocycles. The predicted molar refractivity (Wildman–Crippen MR) is 213 cm³/mol. The van der Waals surface area contributed by atoms with E-state index in [0.717, 1.165) is 67.0 Å². The van der Waals surface area contributed by atoms with Crippen LogP contribution in [0.4, 0.5) is 0 Å². The first-order valence-corrected chi connectivity index (χ1v) is 18.6. The molecule has 6 heteroatoms. The Morgan fingerprint density at radius 3 is 2.19 bits per heavy atom. The van der Waals surface area contributed by atoms with Gasteiger partial charge in [0, 0.05) is 56.6 Å². The second-order valence-corrected chi connectivity index (χ2v) is 14.3. The number of rotatable bonds is 4. The smallest absolute Gasteiger partial charge is 0.0991 e. The predicted octanol–water partition coefficient (Wildman–Crippen LogP) is 11.0. The Balaban J connectivity index is 1.19. The number of fused-ring (bicyclic) bond motifs is 6. The summed E-state index contributed by atoms with van der Waals surface area (Å²) in [6.45, 7) is 0. The van der Waals surface area contributed by atoms with E-state index in [1.807, 2.05) is 48.2 Å². The van der Waals surface area contributed by atoms with Crippen molar-refractivity contribution in [1.82, 2.24) is 9.13 Å². The lowest BCUT2D eigenvalue weighted by molar-refractivity contribution is 0.833. The number of aromatic nitrogens is 2. The lowest BCUT2D eigenvalue weighted by atomic mass is 9.83. The lowest BCUT2D eigenvalue weighted by Gasteiger charge is -2.23. The van der Waals surface area contributed by atoms with Crippen LogP contribution in [-0.4, -0.2) is 14.9 Å². The molecule has 6 aromatic rings. The van der Waals surface area contributed by atoms with Crippen molar-refractivity contribution >= 4 is 61.8 Å². The molecule has 0 spiro atoms. The number of thioether (sulfide) groups is 1. The zero-order valence-corrected chi connectivity index (χ0v) is 29.1.